The lowest BCUT2D eigenvalue weighted by molar-refractivity contribution is 0.599. The van der Waals surface area contributed by atoms with Gasteiger partial charge in [-0.2, -0.15) is 0 Å². The minimum atomic E-state index is -3.53. The zero-order valence-electron chi connectivity index (χ0n) is 13.0. The number of rotatable bonds is 3. The van der Waals surface area contributed by atoms with Gasteiger partial charge in [-0.15, -0.1) is 11.3 Å². The van der Waals surface area contributed by atoms with Crippen molar-refractivity contribution in [2.45, 2.75) is 9.10 Å². The minimum Gasteiger partial charge on any atom is -0.349 e. The summed E-state index contributed by atoms with van der Waals surface area (Å²) in [5, 5.41) is 0.783. The number of hydrogen-bond acceptors (Lipinski definition) is 3. The maximum Gasteiger partial charge on any atom is 0.216 e. The van der Waals surface area contributed by atoms with Gasteiger partial charge in [0.15, 0.2) is 0 Å². The molecule has 4 rings (SSSR count). The molecule has 24 heavy (non-hydrogen) atoms. The molecular weight excluding hydrogens is 338 g/mol. The molecule has 5 heteroatoms. The minimum absolute atomic E-state index is 0.330. The molecule has 0 unspecified atom stereocenters. The second-order valence-corrected chi connectivity index (χ2v) is 8.76. The highest BCUT2D eigenvalue weighted by molar-refractivity contribution is 7.93. The summed E-state index contributed by atoms with van der Waals surface area (Å²) in [6, 6.07) is 20.4. The smallest absolute Gasteiger partial charge is 0.216 e. The molecule has 0 spiro atoms. The second kappa shape index (κ2) is 5.61. The van der Waals surface area contributed by atoms with Crippen LogP contribution in [-0.2, 0) is 16.9 Å². The first-order chi connectivity index (χ1) is 11.6. The molecule has 0 N–H and O–H groups in total. The van der Waals surface area contributed by atoms with Gasteiger partial charge in [-0.1, -0.05) is 48.5 Å². The van der Waals surface area contributed by atoms with Crippen LogP contribution in [0.5, 0.6) is 0 Å². The van der Waals surface area contributed by atoms with Crippen LogP contribution in [0, 0.1) is 0 Å². The first kappa shape index (κ1) is 15.2. The number of aryl methyl sites for hydroxylation is 1. The zero-order valence-corrected chi connectivity index (χ0v) is 14.6. The quantitative estimate of drug-likeness (QED) is 0.534. The average Bonchev–Trinajstić information content (AvgIpc) is 3.18. The lowest BCUT2D eigenvalue weighted by Gasteiger charge is -2.01. The van der Waals surface area contributed by atoms with Crippen molar-refractivity contribution in [2.75, 3.05) is 0 Å². The van der Waals surface area contributed by atoms with Crippen LogP contribution in [0.2, 0.25) is 0 Å². The van der Waals surface area contributed by atoms with E-state index in [9.17, 15) is 8.42 Å². The van der Waals surface area contributed by atoms with E-state index >= 15 is 0 Å². The highest BCUT2D eigenvalue weighted by Gasteiger charge is 2.26. The molecule has 0 fully saturated rings. The maximum absolute atomic E-state index is 13.1. The van der Waals surface area contributed by atoms with Crippen molar-refractivity contribution < 1.29 is 8.42 Å². The molecule has 0 aliphatic rings. The summed E-state index contributed by atoms with van der Waals surface area (Å²) >= 11 is 1.34. The Labute approximate surface area is 144 Å². The van der Waals surface area contributed by atoms with Crippen LogP contribution in [-0.4, -0.2) is 13.0 Å². The van der Waals surface area contributed by atoms with E-state index in [4.69, 9.17) is 0 Å². The number of fused-ring (bicyclic) bond motifs is 1. The molecule has 0 aliphatic heterocycles. The third-order valence-corrected chi connectivity index (χ3v) is 7.58. The molecule has 2 aromatic heterocycles. The average molecular weight is 353 g/mol. The monoisotopic (exact) mass is 353 g/mol. The van der Waals surface area contributed by atoms with Crippen LogP contribution in [0.3, 0.4) is 0 Å². The van der Waals surface area contributed by atoms with Crippen LogP contribution in [0.25, 0.3) is 21.3 Å². The van der Waals surface area contributed by atoms with Gasteiger partial charge in [0, 0.05) is 18.6 Å². The molecule has 0 bridgehead atoms. The Morgan fingerprint density at radius 3 is 2.17 bits per heavy atom. The van der Waals surface area contributed by atoms with Crippen LogP contribution in [0.15, 0.2) is 82.0 Å². The first-order valence-corrected chi connectivity index (χ1v) is 9.82. The number of aromatic nitrogens is 1. The van der Waals surface area contributed by atoms with Crippen molar-refractivity contribution in [3.05, 3.63) is 72.9 Å². The summed E-state index contributed by atoms with van der Waals surface area (Å²) in [4.78, 5) is 1.31. The number of sulfone groups is 1. The van der Waals surface area contributed by atoms with E-state index < -0.39 is 9.84 Å². The molecule has 0 amide bonds. The van der Waals surface area contributed by atoms with Gasteiger partial charge in [-0.3, -0.25) is 0 Å². The lowest BCUT2D eigenvalue weighted by Crippen LogP contribution is -1.99. The van der Waals surface area contributed by atoms with Gasteiger partial charge in [0.25, 0.3) is 0 Å². The van der Waals surface area contributed by atoms with Gasteiger partial charge in [-0.05, 0) is 23.8 Å². The normalized spacial score (nSPS) is 11.9. The summed E-state index contributed by atoms with van der Waals surface area (Å²) in [6.07, 6.45) is 1.91. The van der Waals surface area contributed by atoms with E-state index in [1.54, 1.807) is 24.3 Å². The van der Waals surface area contributed by atoms with Crippen molar-refractivity contribution in [1.29, 1.82) is 0 Å². The molecule has 0 atom stereocenters. The van der Waals surface area contributed by atoms with Gasteiger partial charge >= 0.3 is 0 Å². The van der Waals surface area contributed by atoms with Crippen molar-refractivity contribution >= 4 is 32.1 Å². The molecule has 3 nitrogen and oxygen atoms in total. The molecular formula is C19H15NO2S2. The van der Waals surface area contributed by atoms with Gasteiger partial charge in [0.2, 0.25) is 9.84 Å². The fraction of sp³-hybridized carbons (Fsp3) is 0.0526. The third kappa shape index (κ3) is 2.28. The number of thiophene rings is 1. The van der Waals surface area contributed by atoms with Crippen LogP contribution >= 0.6 is 11.3 Å². The lowest BCUT2D eigenvalue weighted by atomic mass is 10.2. The predicted molar refractivity (Wildman–Crippen MR) is 98.1 cm³/mol. The summed E-state index contributed by atoms with van der Waals surface area (Å²) in [5.41, 5.74) is 1.99. The molecule has 0 radical (unpaired) electrons. The van der Waals surface area contributed by atoms with Crippen molar-refractivity contribution in [3.8, 4) is 10.4 Å². The van der Waals surface area contributed by atoms with Gasteiger partial charge < -0.3 is 4.57 Å². The molecule has 0 saturated heterocycles. The van der Waals surface area contributed by atoms with E-state index in [2.05, 4.69) is 0 Å². The molecule has 0 saturated carbocycles. The number of hydrogen-bond donors (Lipinski definition) is 0. The summed E-state index contributed by atoms with van der Waals surface area (Å²) in [6.45, 7) is 0. The SMILES string of the molecule is Cn1ccc2c(S(=O)(=O)c3ccccc3)sc(-c3ccccc3)c21. The van der Waals surface area contributed by atoms with Crippen LogP contribution < -0.4 is 0 Å². The van der Waals surface area contributed by atoms with E-state index in [0.29, 0.717) is 9.10 Å². The molecule has 120 valence electrons. The Hall–Kier alpha value is -2.37. The molecule has 2 heterocycles. The Kier molecular flexibility index (Phi) is 3.55. The first-order valence-electron chi connectivity index (χ1n) is 7.52. The Bertz CT molecular complexity index is 1110. The summed E-state index contributed by atoms with van der Waals surface area (Å²) in [7, 11) is -1.59. The van der Waals surface area contributed by atoms with E-state index in [0.717, 1.165) is 21.3 Å². The van der Waals surface area contributed by atoms with E-state index in [1.807, 2.05) is 60.3 Å². The zero-order chi connectivity index (χ0) is 16.7. The van der Waals surface area contributed by atoms with Crippen molar-refractivity contribution in [3.63, 3.8) is 0 Å². The van der Waals surface area contributed by atoms with Gasteiger partial charge in [0.05, 0.1) is 15.3 Å². The fourth-order valence-corrected chi connectivity index (χ4v) is 6.09. The van der Waals surface area contributed by atoms with Crippen molar-refractivity contribution in [1.82, 2.24) is 4.57 Å². The Morgan fingerprint density at radius 1 is 0.875 bits per heavy atom. The van der Waals surface area contributed by atoms with Gasteiger partial charge in [-0.25, -0.2) is 8.42 Å². The van der Waals surface area contributed by atoms with Crippen LogP contribution in [0.1, 0.15) is 0 Å². The topological polar surface area (TPSA) is 39.1 Å². The molecule has 2 aromatic carbocycles. The Morgan fingerprint density at radius 2 is 1.50 bits per heavy atom. The highest BCUT2D eigenvalue weighted by atomic mass is 32.2. The van der Waals surface area contributed by atoms with Crippen molar-refractivity contribution in [2.24, 2.45) is 7.05 Å². The fourth-order valence-electron chi connectivity index (χ4n) is 2.86. The predicted octanol–water partition coefficient (Wildman–Crippen LogP) is 4.74. The summed E-state index contributed by atoms with van der Waals surface area (Å²) in [5.74, 6) is 0. The third-order valence-electron chi connectivity index (χ3n) is 4.04. The summed E-state index contributed by atoms with van der Waals surface area (Å²) < 4.78 is 28.6. The van der Waals surface area contributed by atoms with E-state index in [-0.39, 0.29) is 0 Å². The Balaban J connectivity index is 2.02. The van der Waals surface area contributed by atoms with Gasteiger partial charge in [0.1, 0.15) is 4.21 Å². The largest absolute Gasteiger partial charge is 0.349 e. The van der Waals surface area contributed by atoms with E-state index in [1.165, 1.54) is 11.3 Å². The van der Waals surface area contributed by atoms with Crippen LogP contribution in [0.4, 0.5) is 0 Å². The number of nitrogens with zero attached hydrogens (tertiary/aromatic N) is 1. The maximum atomic E-state index is 13.1. The second-order valence-electron chi connectivity index (χ2n) is 5.59. The molecule has 0 aliphatic carbocycles. The standard InChI is InChI=1S/C19H15NO2S2/c1-20-13-12-16-17(20)18(14-8-4-2-5-9-14)23-19(16)24(21,22)15-10-6-3-7-11-15/h2-13H,1H3. The highest BCUT2D eigenvalue weighted by Crippen LogP contribution is 2.43. The molecule has 4 aromatic rings. The number of benzene rings is 2.